The number of ether oxygens (including phenoxy) is 1. The molecule has 0 amide bonds. The topological polar surface area (TPSA) is 115 Å². The van der Waals surface area contributed by atoms with Crippen LogP contribution in [0.25, 0.3) is 0 Å². The standard InChI is InChI=1S/C12H15N3O5/c1-20-12(3-2-4-12)7-14-10-9(11(16)17)5-8(6-13-10)15(18)19/h5-6H,2-4,7H2,1H3,(H,13,14)(H,16,17). The van der Waals surface area contributed by atoms with Gasteiger partial charge in [0.1, 0.15) is 17.6 Å². The fourth-order valence-electron chi connectivity index (χ4n) is 2.13. The molecule has 0 aliphatic heterocycles. The van der Waals surface area contributed by atoms with Gasteiger partial charge in [-0.15, -0.1) is 0 Å². The van der Waals surface area contributed by atoms with Gasteiger partial charge in [-0.3, -0.25) is 10.1 Å². The number of nitrogens with one attached hydrogen (secondary N) is 1. The van der Waals surface area contributed by atoms with E-state index in [-0.39, 0.29) is 22.7 Å². The molecule has 20 heavy (non-hydrogen) atoms. The first-order valence-corrected chi connectivity index (χ1v) is 6.14. The largest absolute Gasteiger partial charge is 0.478 e. The molecule has 8 heteroatoms. The molecule has 0 atom stereocenters. The number of carbonyl (C=O) groups is 1. The molecule has 0 unspecified atom stereocenters. The highest BCUT2D eigenvalue weighted by molar-refractivity contribution is 5.93. The fourth-order valence-corrected chi connectivity index (χ4v) is 2.13. The summed E-state index contributed by atoms with van der Waals surface area (Å²) in [5.74, 6) is -1.14. The lowest BCUT2D eigenvalue weighted by atomic mass is 9.80. The molecule has 1 saturated carbocycles. The van der Waals surface area contributed by atoms with Crippen LogP contribution in [-0.2, 0) is 4.74 Å². The van der Waals surface area contributed by atoms with Crippen molar-refractivity contribution in [1.29, 1.82) is 0 Å². The van der Waals surface area contributed by atoms with Crippen molar-refractivity contribution in [3.8, 4) is 0 Å². The second kappa shape index (κ2) is 5.41. The Bertz CT molecular complexity index is 536. The Hall–Kier alpha value is -2.22. The van der Waals surface area contributed by atoms with Gasteiger partial charge in [0.25, 0.3) is 5.69 Å². The lowest BCUT2D eigenvalue weighted by molar-refractivity contribution is -0.385. The van der Waals surface area contributed by atoms with Crippen LogP contribution in [0.3, 0.4) is 0 Å². The third kappa shape index (κ3) is 2.69. The third-order valence-corrected chi connectivity index (χ3v) is 3.59. The van der Waals surface area contributed by atoms with Gasteiger partial charge >= 0.3 is 5.97 Å². The average molecular weight is 281 g/mol. The van der Waals surface area contributed by atoms with Gasteiger partial charge in [0, 0.05) is 19.7 Å². The van der Waals surface area contributed by atoms with Crippen molar-refractivity contribution < 1.29 is 19.6 Å². The van der Waals surface area contributed by atoms with E-state index in [1.807, 2.05) is 0 Å². The van der Waals surface area contributed by atoms with Crippen LogP contribution < -0.4 is 5.32 Å². The molecule has 2 N–H and O–H groups in total. The number of methoxy groups -OCH3 is 1. The maximum absolute atomic E-state index is 11.1. The zero-order chi connectivity index (χ0) is 14.8. The number of aromatic carboxylic acids is 1. The minimum atomic E-state index is -1.26. The van der Waals surface area contributed by atoms with Crippen LogP contribution in [0.1, 0.15) is 29.6 Å². The van der Waals surface area contributed by atoms with E-state index >= 15 is 0 Å². The number of pyridine rings is 1. The summed E-state index contributed by atoms with van der Waals surface area (Å²) in [4.78, 5) is 24.9. The number of nitro groups is 1. The molecule has 1 aromatic heterocycles. The quantitative estimate of drug-likeness (QED) is 0.602. The first kappa shape index (κ1) is 14.2. The van der Waals surface area contributed by atoms with Gasteiger partial charge in [-0.05, 0) is 19.3 Å². The average Bonchev–Trinajstić information content (AvgIpc) is 2.37. The van der Waals surface area contributed by atoms with Gasteiger partial charge < -0.3 is 15.2 Å². The summed E-state index contributed by atoms with van der Waals surface area (Å²) >= 11 is 0. The number of rotatable bonds is 6. The molecule has 0 radical (unpaired) electrons. The highest BCUT2D eigenvalue weighted by atomic mass is 16.6. The van der Waals surface area contributed by atoms with Crippen molar-refractivity contribution in [2.45, 2.75) is 24.9 Å². The van der Waals surface area contributed by atoms with Crippen molar-refractivity contribution in [2.75, 3.05) is 19.0 Å². The molecule has 2 rings (SSSR count). The highest BCUT2D eigenvalue weighted by Crippen LogP contribution is 2.35. The minimum Gasteiger partial charge on any atom is -0.478 e. The summed E-state index contributed by atoms with van der Waals surface area (Å²) in [7, 11) is 1.61. The predicted octanol–water partition coefficient (Wildman–Crippen LogP) is 1.67. The van der Waals surface area contributed by atoms with Crippen LogP contribution in [0.5, 0.6) is 0 Å². The van der Waals surface area contributed by atoms with Gasteiger partial charge in [0.15, 0.2) is 0 Å². The SMILES string of the molecule is COC1(CNc2ncc([N+](=O)[O-])cc2C(=O)O)CCC1. The van der Waals surface area contributed by atoms with E-state index in [1.165, 1.54) is 0 Å². The summed E-state index contributed by atoms with van der Waals surface area (Å²) in [6.07, 6.45) is 3.89. The number of anilines is 1. The molecule has 1 heterocycles. The Morgan fingerprint density at radius 2 is 2.35 bits per heavy atom. The van der Waals surface area contributed by atoms with E-state index in [2.05, 4.69) is 10.3 Å². The molecule has 1 aromatic rings. The van der Waals surface area contributed by atoms with E-state index in [0.717, 1.165) is 31.5 Å². The number of hydrogen-bond donors (Lipinski definition) is 2. The molecule has 8 nitrogen and oxygen atoms in total. The van der Waals surface area contributed by atoms with Crippen LogP contribution in [-0.4, -0.2) is 40.2 Å². The van der Waals surface area contributed by atoms with Crippen molar-refractivity contribution in [2.24, 2.45) is 0 Å². The molecule has 0 saturated heterocycles. The highest BCUT2D eigenvalue weighted by Gasteiger charge is 2.37. The first-order chi connectivity index (χ1) is 9.47. The van der Waals surface area contributed by atoms with E-state index in [9.17, 15) is 14.9 Å². The zero-order valence-corrected chi connectivity index (χ0v) is 11.0. The Labute approximate surface area is 114 Å². The zero-order valence-electron chi connectivity index (χ0n) is 11.0. The van der Waals surface area contributed by atoms with Crippen molar-refractivity contribution in [3.05, 3.63) is 27.9 Å². The smallest absolute Gasteiger partial charge is 0.339 e. The van der Waals surface area contributed by atoms with E-state index < -0.39 is 10.9 Å². The van der Waals surface area contributed by atoms with Crippen LogP contribution in [0, 0.1) is 10.1 Å². The second-order valence-corrected chi connectivity index (χ2v) is 4.75. The normalized spacial score (nSPS) is 16.2. The number of aromatic nitrogens is 1. The summed E-state index contributed by atoms with van der Waals surface area (Å²) in [5.41, 5.74) is -0.859. The molecule has 108 valence electrons. The molecule has 1 fully saturated rings. The number of nitrogens with zero attached hydrogens (tertiary/aromatic N) is 2. The molecule has 1 aliphatic carbocycles. The number of carboxylic acids is 1. The van der Waals surface area contributed by atoms with Crippen LogP contribution in [0.4, 0.5) is 11.5 Å². The van der Waals surface area contributed by atoms with E-state index in [0.29, 0.717) is 6.54 Å². The minimum absolute atomic E-state index is 0.117. The second-order valence-electron chi connectivity index (χ2n) is 4.75. The van der Waals surface area contributed by atoms with Crippen LogP contribution in [0.2, 0.25) is 0 Å². The van der Waals surface area contributed by atoms with E-state index in [4.69, 9.17) is 9.84 Å². The van der Waals surface area contributed by atoms with Gasteiger partial charge in [-0.25, -0.2) is 9.78 Å². The monoisotopic (exact) mass is 281 g/mol. The van der Waals surface area contributed by atoms with Crippen molar-refractivity contribution >= 4 is 17.5 Å². The maximum Gasteiger partial charge on any atom is 0.339 e. The van der Waals surface area contributed by atoms with Gasteiger partial charge in [-0.1, -0.05) is 0 Å². The first-order valence-electron chi connectivity index (χ1n) is 6.14. The predicted molar refractivity (Wildman–Crippen MR) is 69.9 cm³/mol. The number of hydrogen-bond acceptors (Lipinski definition) is 6. The lowest BCUT2D eigenvalue weighted by Gasteiger charge is -2.40. The number of carboxylic acid groups (broad SMARTS) is 1. The Morgan fingerprint density at radius 3 is 2.80 bits per heavy atom. The van der Waals surface area contributed by atoms with E-state index in [1.54, 1.807) is 7.11 Å². The molecule has 0 aromatic carbocycles. The summed E-state index contributed by atoms with van der Waals surface area (Å²) < 4.78 is 5.41. The van der Waals surface area contributed by atoms with Gasteiger partial charge in [0.2, 0.25) is 0 Å². The summed E-state index contributed by atoms with van der Waals surface area (Å²) in [5, 5.41) is 22.6. The third-order valence-electron chi connectivity index (χ3n) is 3.59. The van der Waals surface area contributed by atoms with Crippen LogP contribution >= 0.6 is 0 Å². The molecular formula is C12H15N3O5. The van der Waals surface area contributed by atoms with Crippen molar-refractivity contribution in [3.63, 3.8) is 0 Å². The lowest BCUT2D eigenvalue weighted by Crippen LogP contribution is -2.45. The molecular weight excluding hydrogens is 266 g/mol. The Kier molecular flexibility index (Phi) is 3.84. The van der Waals surface area contributed by atoms with Gasteiger partial charge in [0.05, 0.1) is 10.5 Å². The Balaban J connectivity index is 2.18. The summed E-state index contributed by atoms with van der Waals surface area (Å²) in [6, 6.07) is 0.998. The molecule has 0 spiro atoms. The van der Waals surface area contributed by atoms with Crippen LogP contribution in [0.15, 0.2) is 12.3 Å². The molecule has 1 aliphatic rings. The van der Waals surface area contributed by atoms with Crippen molar-refractivity contribution in [1.82, 2.24) is 4.98 Å². The maximum atomic E-state index is 11.1. The van der Waals surface area contributed by atoms with Gasteiger partial charge in [-0.2, -0.15) is 0 Å². The fraction of sp³-hybridized carbons (Fsp3) is 0.500. The summed E-state index contributed by atoms with van der Waals surface area (Å²) in [6.45, 7) is 0.425. The Morgan fingerprint density at radius 1 is 1.65 bits per heavy atom. The molecule has 0 bridgehead atoms.